The predicted molar refractivity (Wildman–Crippen MR) is 171 cm³/mol. The highest BCUT2D eigenvalue weighted by atomic mass is 32.2. The number of carbonyl (C=O) groups is 1. The molecular formula is C36H45FN2O5S. The maximum Gasteiger partial charge on any atom is 0.331 e. The monoisotopic (exact) mass is 636 g/mol. The maximum atomic E-state index is 13.9. The quantitative estimate of drug-likeness (QED) is 0.176. The van der Waals surface area contributed by atoms with Crippen molar-refractivity contribution in [1.29, 1.82) is 0 Å². The van der Waals surface area contributed by atoms with E-state index in [1.807, 2.05) is 37.3 Å². The lowest BCUT2D eigenvalue weighted by atomic mass is 9.82. The van der Waals surface area contributed by atoms with Crippen LogP contribution in [-0.2, 0) is 31.6 Å². The van der Waals surface area contributed by atoms with E-state index >= 15 is 0 Å². The van der Waals surface area contributed by atoms with Crippen LogP contribution < -0.4 is 0 Å². The SMILES string of the molecule is CC(C(=O)OC1C[N+]2(CCc3ccc(F)cc3)CCC1CC2)(c1ccccc1)N1CCCCC1.Cc1ccc(S(=O)(=O)[O-])cc1. The van der Waals surface area contributed by atoms with E-state index in [-0.39, 0.29) is 22.8 Å². The number of hydrogen-bond donors (Lipinski definition) is 0. The van der Waals surface area contributed by atoms with Crippen LogP contribution in [0.5, 0.6) is 0 Å². The Kier molecular flexibility index (Phi) is 10.4. The van der Waals surface area contributed by atoms with Gasteiger partial charge in [0.05, 0.1) is 24.5 Å². The number of rotatable bonds is 8. The summed E-state index contributed by atoms with van der Waals surface area (Å²) in [6.45, 7) is 10.00. The smallest absolute Gasteiger partial charge is 0.331 e. The van der Waals surface area contributed by atoms with E-state index in [2.05, 4.69) is 24.0 Å². The van der Waals surface area contributed by atoms with Crippen molar-refractivity contribution >= 4 is 16.1 Å². The Morgan fingerprint density at radius 2 is 1.58 bits per heavy atom. The summed E-state index contributed by atoms with van der Waals surface area (Å²) in [5, 5.41) is 0. The molecule has 4 fully saturated rings. The van der Waals surface area contributed by atoms with E-state index in [9.17, 15) is 22.2 Å². The molecule has 0 amide bonds. The summed E-state index contributed by atoms with van der Waals surface area (Å²) in [6, 6.07) is 22.9. The molecule has 0 N–H and O–H groups in total. The molecule has 0 spiro atoms. The highest BCUT2D eigenvalue weighted by Gasteiger charge is 2.50. The minimum absolute atomic E-state index is 0.0176. The van der Waals surface area contributed by atoms with Crippen LogP contribution in [-0.4, -0.2) is 73.7 Å². The first-order valence-corrected chi connectivity index (χ1v) is 17.5. The van der Waals surface area contributed by atoms with Crippen LogP contribution in [0.2, 0.25) is 0 Å². The van der Waals surface area contributed by atoms with Gasteiger partial charge in [0.1, 0.15) is 28.0 Å². The second kappa shape index (κ2) is 14.1. The lowest BCUT2D eigenvalue weighted by molar-refractivity contribution is -0.946. The third-order valence-corrected chi connectivity index (χ3v) is 11.0. The van der Waals surface area contributed by atoms with Crippen molar-refractivity contribution in [3.8, 4) is 0 Å². The van der Waals surface area contributed by atoms with Crippen molar-refractivity contribution in [2.75, 3.05) is 39.3 Å². The van der Waals surface area contributed by atoms with Gasteiger partial charge in [-0.2, -0.15) is 0 Å². The van der Waals surface area contributed by atoms with Crippen molar-refractivity contribution in [2.24, 2.45) is 5.92 Å². The largest absolute Gasteiger partial charge is 0.744 e. The van der Waals surface area contributed by atoms with Crippen LogP contribution >= 0.6 is 0 Å². The van der Waals surface area contributed by atoms with Crippen molar-refractivity contribution in [3.05, 3.63) is 101 Å². The first kappa shape index (κ1) is 33.3. The van der Waals surface area contributed by atoms with Gasteiger partial charge in [0, 0.05) is 25.2 Å². The molecule has 7 rings (SSSR count). The fourth-order valence-corrected chi connectivity index (χ4v) is 7.65. The molecule has 7 nitrogen and oxygen atoms in total. The number of esters is 1. The lowest BCUT2D eigenvalue weighted by Crippen LogP contribution is -2.65. The van der Waals surface area contributed by atoms with Crippen molar-refractivity contribution in [2.45, 2.75) is 68.9 Å². The van der Waals surface area contributed by atoms with Crippen molar-refractivity contribution in [1.82, 2.24) is 4.90 Å². The number of aryl methyl sites for hydroxylation is 1. The minimum atomic E-state index is -4.27. The molecule has 4 saturated heterocycles. The van der Waals surface area contributed by atoms with Gasteiger partial charge in [0.25, 0.3) is 0 Å². The number of benzene rings is 3. The van der Waals surface area contributed by atoms with Gasteiger partial charge in [-0.15, -0.1) is 0 Å². The number of quaternary nitrogens is 1. The average Bonchev–Trinajstić information content (AvgIpc) is 3.05. The number of halogens is 1. The molecule has 2 atom stereocenters. The molecule has 4 aliphatic heterocycles. The first-order chi connectivity index (χ1) is 21.5. The van der Waals surface area contributed by atoms with Gasteiger partial charge in [0.15, 0.2) is 6.10 Å². The van der Waals surface area contributed by atoms with Crippen molar-refractivity contribution in [3.63, 3.8) is 0 Å². The van der Waals surface area contributed by atoms with Crippen LogP contribution in [0, 0.1) is 18.7 Å². The summed E-state index contributed by atoms with van der Waals surface area (Å²) in [6.07, 6.45) is 6.64. The van der Waals surface area contributed by atoms with E-state index in [0.717, 1.165) is 87.0 Å². The summed E-state index contributed by atoms with van der Waals surface area (Å²) in [5.41, 5.74) is 2.39. The molecule has 9 heteroatoms. The fourth-order valence-electron chi connectivity index (χ4n) is 7.18. The van der Waals surface area contributed by atoms with Gasteiger partial charge in [0.2, 0.25) is 0 Å². The number of nitrogens with zero attached hydrogens (tertiary/aromatic N) is 2. The molecule has 0 aromatic heterocycles. The lowest BCUT2D eigenvalue weighted by Gasteiger charge is -2.53. The van der Waals surface area contributed by atoms with E-state index in [0.29, 0.717) is 5.92 Å². The molecule has 0 radical (unpaired) electrons. The third kappa shape index (κ3) is 8.01. The second-order valence-electron chi connectivity index (χ2n) is 13.1. The number of piperidine rings is 4. The summed E-state index contributed by atoms with van der Waals surface area (Å²) < 4.78 is 51.9. The van der Waals surface area contributed by atoms with Gasteiger partial charge in [-0.05, 0) is 75.2 Å². The van der Waals surface area contributed by atoms with Gasteiger partial charge in [-0.1, -0.05) is 66.6 Å². The van der Waals surface area contributed by atoms with E-state index in [4.69, 9.17) is 4.74 Å². The fraction of sp³-hybridized carbons (Fsp3) is 0.472. The summed E-state index contributed by atoms with van der Waals surface area (Å²) in [7, 11) is -4.27. The zero-order valence-electron chi connectivity index (χ0n) is 26.4. The highest BCUT2D eigenvalue weighted by molar-refractivity contribution is 7.85. The Labute approximate surface area is 267 Å². The topological polar surface area (TPSA) is 86.7 Å². The Hall–Kier alpha value is -3.11. The summed E-state index contributed by atoms with van der Waals surface area (Å²) in [4.78, 5) is 16.1. The molecule has 4 aliphatic rings. The Balaban J connectivity index is 0.000000309. The Morgan fingerprint density at radius 3 is 2.18 bits per heavy atom. The average molecular weight is 637 g/mol. The second-order valence-corrected chi connectivity index (χ2v) is 14.5. The van der Waals surface area contributed by atoms with Crippen molar-refractivity contribution < 1.29 is 31.4 Å². The van der Waals surface area contributed by atoms with E-state index in [1.165, 1.54) is 24.1 Å². The van der Waals surface area contributed by atoms with Gasteiger partial charge in [-0.25, -0.2) is 17.6 Å². The van der Waals surface area contributed by atoms with E-state index in [1.54, 1.807) is 24.3 Å². The number of carbonyl (C=O) groups excluding carboxylic acids is 1. The molecule has 2 bridgehead atoms. The standard InChI is InChI=1S/C29H38FN2O2.C7H8O3S/c1-29(25-8-4-2-5-9-25,31-17-6-3-7-18-31)28(33)34-27-22-32(20-15-24(27)16-21-32)19-14-23-10-12-26(30)13-11-23;1-6-2-4-7(5-3-6)11(8,9)10/h2,4-5,8-13,24,27H,3,6-7,14-22H2,1H3;2-5H,1H3,(H,8,9,10)/q+1;/p-1. The van der Waals surface area contributed by atoms with Crippen LogP contribution in [0.25, 0.3) is 0 Å². The third-order valence-electron chi connectivity index (χ3n) is 10.1. The van der Waals surface area contributed by atoms with Crippen LogP contribution in [0.3, 0.4) is 0 Å². The molecule has 3 aromatic rings. The zero-order valence-corrected chi connectivity index (χ0v) is 27.2. The predicted octanol–water partition coefficient (Wildman–Crippen LogP) is 5.82. The normalized spacial score (nSPS) is 24.6. The van der Waals surface area contributed by atoms with Gasteiger partial charge >= 0.3 is 5.97 Å². The molecule has 3 aromatic carbocycles. The maximum absolute atomic E-state index is 13.9. The minimum Gasteiger partial charge on any atom is -0.744 e. The molecule has 2 unspecified atom stereocenters. The van der Waals surface area contributed by atoms with Gasteiger partial charge < -0.3 is 13.8 Å². The number of fused-ring (bicyclic) bond motifs is 3. The molecule has 242 valence electrons. The molecule has 0 aliphatic carbocycles. The van der Waals surface area contributed by atoms with E-state index < -0.39 is 15.7 Å². The summed E-state index contributed by atoms with van der Waals surface area (Å²) in [5.74, 6) is 0.198. The number of ether oxygens (including phenoxy) is 1. The number of likely N-dealkylation sites (tertiary alicyclic amines) is 1. The van der Waals surface area contributed by atoms with Gasteiger partial charge in [-0.3, -0.25) is 4.90 Å². The Bertz CT molecular complexity index is 1520. The van der Waals surface area contributed by atoms with Crippen LogP contribution in [0.1, 0.15) is 55.7 Å². The molecule has 0 saturated carbocycles. The zero-order chi connectivity index (χ0) is 32.1. The Morgan fingerprint density at radius 1 is 0.956 bits per heavy atom. The molecule has 4 heterocycles. The number of hydrogen-bond acceptors (Lipinski definition) is 6. The van der Waals surface area contributed by atoms with Crippen LogP contribution in [0.4, 0.5) is 4.39 Å². The summed E-state index contributed by atoms with van der Waals surface area (Å²) >= 11 is 0. The van der Waals surface area contributed by atoms with Crippen LogP contribution in [0.15, 0.2) is 83.8 Å². The highest BCUT2D eigenvalue weighted by Crippen LogP contribution is 2.39. The molecule has 45 heavy (non-hydrogen) atoms. The molecular weight excluding hydrogens is 591 g/mol. The first-order valence-electron chi connectivity index (χ1n) is 16.1.